The molecule has 0 aliphatic carbocycles. The van der Waals surface area contributed by atoms with Gasteiger partial charge in [-0.15, -0.1) is 0 Å². The zero-order valence-corrected chi connectivity index (χ0v) is 22.0. The van der Waals surface area contributed by atoms with E-state index in [-0.39, 0.29) is 28.9 Å². The first-order valence-electron chi connectivity index (χ1n) is 12.3. The smallest absolute Gasteiger partial charge is 0.348 e. The van der Waals surface area contributed by atoms with E-state index in [9.17, 15) is 18.5 Å². The summed E-state index contributed by atoms with van der Waals surface area (Å²) in [4.78, 5) is 12.5. The molecule has 192 valence electrons. The van der Waals surface area contributed by atoms with Crippen LogP contribution >= 0.6 is 0 Å². The van der Waals surface area contributed by atoms with Gasteiger partial charge in [-0.1, -0.05) is 44.2 Å². The lowest BCUT2D eigenvalue weighted by molar-refractivity contribution is -0.137. The number of benzene rings is 2. The Morgan fingerprint density at radius 1 is 1.14 bits per heavy atom. The summed E-state index contributed by atoms with van der Waals surface area (Å²) in [6.07, 6.45) is 4.13. The topological polar surface area (TPSA) is 105 Å². The van der Waals surface area contributed by atoms with Gasteiger partial charge in [-0.3, -0.25) is 0 Å². The first kappa shape index (κ1) is 26.3. The molecular weight excluding hydrogens is 488 g/mol. The minimum atomic E-state index is -3.71. The Morgan fingerprint density at radius 3 is 2.49 bits per heavy atom. The van der Waals surface area contributed by atoms with Gasteiger partial charge >= 0.3 is 5.97 Å². The van der Waals surface area contributed by atoms with Crippen LogP contribution in [0.4, 0.5) is 0 Å². The van der Waals surface area contributed by atoms with Crippen LogP contribution < -0.4 is 0 Å². The number of carbonyl (C=O) groups is 1. The highest BCUT2D eigenvalue weighted by atomic mass is 32.2. The van der Waals surface area contributed by atoms with Crippen LogP contribution in [-0.2, 0) is 19.6 Å². The van der Waals surface area contributed by atoms with Crippen LogP contribution in [0.2, 0.25) is 0 Å². The van der Waals surface area contributed by atoms with Gasteiger partial charge in [-0.2, -0.15) is 14.7 Å². The lowest BCUT2D eigenvalue weighted by atomic mass is 9.94. The van der Waals surface area contributed by atoms with E-state index < -0.39 is 16.0 Å². The summed E-state index contributed by atoms with van der Waals surface area (Å²) in [5, 5.41) is 14.3. The molecule has 2 unspecified atom stereocenters. The van der Waals surface area contributed by atoms with Crippen LogP contribution in [0.3, 0.4) is 0 Å². The highest BCUT2D eigenvalue weighted by Gasteiger charge is 2.32. The van der Waals surface area contributed by atoms with Gasteiger partial charge in [0.15, 0.2) is 0 Å². The maximum Gasteiger partial charge on any atom is 0.348 e. The predicted octanol–water partition coefficient (Wildman–Crippen LogP) is 4.68. The van der Waals surface area contributed by atoms with Crippen molar-refractivity contribution in [2.75, 3.05) is 19.7 Å². The van der Waals surface area contributed by atoms with Gasteiger partial charge < -0.3 is 4.74 Å². The van der Waals surface area contributed by atoms with Gasteiger partial charge in [0.2, 0.25) is 10.0 Å². The van der Waals surface area contributed by atoms with Crippen LogP contribution in [0.25, 0.3) is 23.0 Å². The van der Waals surface area contributed by atoms with Gasteiger partial charge in [-0.25, -0.2) is 17.9 Å². The summed E-state index contributed by atoms with van der Waals surface area (Å²) in [5.74, 6) is -0.160. The minimum Gasteiger partial charge on any atom is -0.462 e. The molecule has 1 aromatic heterocycles. The predicted molar refractivity (Wildman–Crippen MR) is 141 cm³/mol. The van der Waals surface area contributed by atoms with Crippen molar-refractivity contribution in [2.45, 2.75) is 32.1 Å². The lowest BCUT2D eigenvalue weighted by Crippen LogP contribution is -2.42. The Kier molecular flexibility index (Phi) is 7.91. The van der Waals surface area contributed by atoms with Crippen molar-refractivity contribution in [3.8, 4) is 23.0 Å². The fraction of sp³-hybridized carbons (Fsp3) is 0.321. The van der Waals surface area contributed by atoms with E-state index in [0.29, 0.717) is 29.9 Å². The molecule has 3 aromatic rings. The van der Waals surface area contributed by atoms with Crippen LogP contribution in [0.15, 0.2) is 71.3 Å². The zero-order valence-electron chi connectivity index (χ0n) is 21.2. The molecule has 1 aliphatic heterocycles. The number of ether oxygens (including phenoxy) is 1. The standard InChI is InChI=1S/C28H30N4O4S/c1-4-36-28(33)23(16-29)14-24-19-32(25-10-6-5-7-11-25)30-27(24)22-9-8-12-26(15-22)37(34,35)31-17-20(2)13-21(3)18-31/h5-12,14-15,19-21H,4,13,17-18H2,1-3H3/b23-14-. The molecule has 0 saturated carbocycles. The van der Waals surface area contributed by atoms with Gasteiger partial charge in [0.05, 0.1) is 17.2 Å². The number of sulfonamides is 1. The van der Waals surface area contributed by atoms with E-state index in [2.05, 4.69) is 13.8 Å². The summed E-state index contributed by atoms with van der Waals surface area (Å²) in [6.45, 7) is 6.92. The molecule has 2 heterocycles. The summed E-state index contributed by atoms with van der Waals surface area (Å²) in [6, 6.07) is 17.9. The number of nitriles is 1. The fourth-order valence-electron chi connectivity index (χ4n) is 4.69. The molecule has 0 bridgehead atoms. The molecule has 0 radical (unpaired) electrons. The number of para-hydroxylation sites is 1. The SMILES string of the molecule is CCOC(=O)/C(C#N)=C\c1cn(-c2ccccc2)nc1-c1cccc(S(=O)(=O)N2CC(C)CC(C)C2)c1. The Labute approximate surface area is 217 Å². The molecule has 4 rings (SSSR count). The fourth-order valence-corrected chi connectivity index (χ4v) is 6.41. The van der Waals surface area contributed by atoms with Gasteiger partial charge in [0.1, 0.15) is 17.3 Å². The molecule has 0 spiro atoms. The highest BCUT2D eigenvalue weighted by molar-refractivity contribution is 7.89. The van der Waals surface area contributed by atoms with E-state index in [1.165, 1.54) is 6.08 Å². The number of carbonyl (C=O) groups excluding carboxylic acids is 1. The third-order valence-electron chi connectivity index (χ3n) is 6.26. The van der Waals surface area contributed by atoms with Crippen molar-refractivity contribution < 1.29 is 17.9 Å². The molecule has 1 aliphatic rings. The Balaban J connectivity index is 1.81. The van der Waals surface area contributed by atoms with Crippen molar-refractivity contribution in [3.05, 3.63) is 71.9 Å². The monoisotopic (exact) mass is 518 g/mol. The first-order chi connectivity index (χ1) is 17.7. The van der Waals surface area contributed by atoms with Crippen LogP contribution in [-0.4, -0.2) is 48.2 Å². The highest BCUT2D eigenvalue weighted by Crippen LogP contribution is 2.31. The number of rotatable bonds is 7. The number of nitrogens with zero attached hydrogens (tertiary/aromatic N) is 4. The number of piperidine rings is 1. The van der Waals surface area contributed by atoms with Crippen molar-refractivity contribution in [1.82, 2.24) is 14.1 Å². The van der Waals surface area contributed by atoms with Crippen molar-refractivity contribution in [3.63, 3.8) is 0 Å². The summed E-state index contributed by atoms with van der Waals surface area (Å²) < 4.78 is 35.3. The van der Waals surface area contributed by atoms with E-state index in [1.807, 2.05) is 36.4 Å². The molecule has 1 saturated heterocycles. The molecule has 0 amide bonds. The van der Waals surface area contributed by atoms with Crippen LogP contribution in [0.1, 0.15) is 32.8 Å². The molecule has 0 N–H and O–H groups in total. The molecular formula is C28H30N4O4S. The van der Waals surface area contributed by atoms with Crippen molar-refractivity contribution in [1.29, 1.82) is 5.26 Å². The molecule has 37 heavy (non-hydrogen) atoms. The Bertz CT molecular complexity index is 1440. The van der Waals surface area contributed by atoms with Gasteiger partial charge in [0, 0.05) is 30.4 Å². The normalized spacial score (nSPS) is 18.8. The second-order valence-corrected chi connectivity index (χ2v) is 11.3. The van der Waals surface area contributed by atoms with Gasteiger partial charge in [-0.05, 0) is 55.5 Å². The van der Waals surface area contributed by atoms with E-state index >= 15 is 0 Å². The van der Waals surface area contributed by atoms with Crippen LogP contribution in [0.5, 0.6) is 0 Å². The van der Waals surface area contributed by atoms with E-state index in [4.69, 9.17) is 9.84 Å². The van der Waals surface area contributed by atoms with Crippen LogP contribution in [0, 0.1) is 23.2 Å². The molecule has 9 heteroatoms. The third-order valence-corrected chi connectivity index (χ3v) is 8.09. The average Bonchev–Trinajstić information content (AvgIpc) is 3.31. The van der Waals surface area contributed by atoms with E-state index in [1.54, 1.807) is 46.4 Å². The molecule has 1 fully saturated rings. The zero-order chi connectivity index (χ0) is 26.6. The molecule has 8 nitrogen and oxygen atoms in total. The summed E-state index contributed by atoms with van der Waals surface area (Å²) in [7, 11) is -3.71. The second kappa shape index (κ2) is 11.1. The summed E-state index contributed by atoms with van der Waals surface area (Å²) in [5.41, 5.74) is 2.09. The largest absolute Gasteiger partial charge is 0.462 e. The van der Waals surface area contributed by atoms with Gasteiger partial charge in [0.25, 0.3) is 0 Å². The number of esters is 1. The first-order valence-corrected chi connectivity index (χ1v) is 13.7. The number of hydrogen-bond donors (Lipinski definition) is 0. The average molecular weight is 519 g/mol. The van der Waals surface area contributed by atoms with E-state index in [0.717, 1.165) is 12.1 Å². The Morgan fingerprint density at radius 2 is 1.84 bits per heavy atom. The summed E-state index contributed by atoms with van der Waals surface area (Å²) >= 11 is 0. The van der Waals surface area contributed by atoms with Crippen molar-refractivity contribution >= 4 is 22.1 Å². The molecule has 2 atom stereocenters. The number of hydrogen-bond acceptors (Lipinski definition) is 6. The lowest BCUT2D eigenvalue weighted by Gasteiger charge is -2.34. The Hall–Kier alpha value is -3.74. The third kappa shape index (κ3) is 5.82. The molecule has 2 aromatic carbocycles. The maximum absolute atomic E-state index is 13.5. The minimum absolute atomic E-state index is 0.141. The quantitative estimate of drug-likeness (QED) is 0.256. The maximum atomic E-state index is 13.5. The second-order valence-electron chi connectivity index (χ2n) is 9.40. The van der Waals surface area contributed by atoms with Crippen molar-refractivity contribution in [2.24, 2.45) is 11.8 Å². The number of aromatic nitrogens is 2.